The highest BCUT2D eigenvalue weighted by Gasteiger charge is 2.30. The molecule has 0 aliphatic carbocycles. The molecule has 2 amide bonds. The van der Waals surface area contributed by atoms with Crippen LogP contribution in [-0.2, 0) is 18.3 Å². The van der Waals surface area contributed by atoms with E-state index in [1.54, 1.807) is 30.6 Å². The third-order valence-electron chi connectivity index (χ3n) is 7.85. The van der Waals surface area contributed by atoms with Gasteiger partial charge in [-0.15, -0.1) is 10.2 Å². The van der Waals surface area contributed by atoms with Crippen LogP contribution in [0.1, 0.15) is 40.5 Å². The van der Waals surface area contributed by atoms with E-state index in [1.807, 2.05) is 72.3 Å². The van der Waals surface area contributed by atoms with Crippen molar-refractivity contribution in [2.45, 2.75) is 25.3 Å². The summed E-state index contributed by atoms with van der Waals surface area (Å²) in [6, 6.07) is 26.4. The molecule has 43 heavy (non-hydrogen) atoms. The molecule has 1 N–H and O–H groups in total. The van der Waals surface area contributed by atoms with Gasteiger partial charge in [0.25, 0.3) is 5.91 Å². The SMILES string of the molecule is COC(=O)N(NC(=O)c1c(CN2CCCC(c3nncn3C)C2)c(-c2ccccc2)nc2ccccc12)c1ccccc1. The van der Waals surface area contributed by atoms with Gasteiger partial charge in [0.15, 0.2) is 0 Å². The second-order valence-corrected chi connectivity index (χ2v) is 10.7. The van der Waals surface area contributed by atoms with Crippen LogP contribution in [0.5, 0.6) is 0 Å². The van der Waals surface area contributed by atoms with E-state index >= 15 is 0 Å². The summed E-state index contributed by atoms with van der Waals surface area (Å²) in [4.78, 5) is 34.7. The van der Waals surface area contributed by atoms with Gasteiger partial charge in [0, 0.05) is 42.6 Å². The maximum absolute atomic E-state index is 14.4. The number of likely N-dealkylation sites (tertiary alicyclic amines) is 1. The largest absolute Gasteiger partial charge is 0.451 e. The molecule has 1 aliphatic rings. The van der Waals surface area contributed by atoms with E-state index < -0.39 is 12.0 Å². The molecule has 1 fully saturated rings. The first-order chi connectivity index (χ1) is 21.0. The average Bonchev–Trinajstić information content (AvgIpc) is 3.49. The molecule has 2 aromatic heterocycles. The van der Waals surface area contributed by atoms with Crippen LogP contribution in [0.4, 0.5) is 10.5 Å². The number of anilines is 1. The fraction of sp³-hybridized carbons (Fsp3) is 0.242. The van der Waals surface area contributed by atoms with Crippen LogP contribution in [0.2, 0.25) is 0 Å². The highest BCUT2D eigenvalue weighted by atomic mass is 16.5. The number of hydrogen-bond donors (Lipinski definition) is 1. The van der Waals surface area contributed by atoms with Crippen molar-refractivity contribution < 1.29 is 14.3 Å². The fourth-order valence-electron chi connectivity index (χ4n) is 5.84. The Balaban J connectivity index is 1.46. The number of fused-ring (bicyclic) bond motifs is 1. The fourth-order valence-corrected chi connectivity index (χ4v) is 5.84. The number of hydrazine groups is 1. The van der Waals surface area contributed by atoms with Gasteiger partial charge >= 0.3 is 6.09 Å². The van der Waals surface area contributed by atoms with Crippen LogP contribution in [0.25, 0.3) is 22.2 Å². The molecular weight excluding hydrogens is 542 g/mol. The predicted molar refractivity (Wildman–Crippen MR) is 164 cm³/mol. The molecule has 1 atom stereocenters. The van der Waals surface area contributed by atoms with Crippen LogP contribution < -0.4 is 10.4 Å². The molecular formula is C33H33N7O3. The number of amides is 2. The molecule has 10 heteroatoms. The number of aromatic nitrogens is 4. The summed E-state index contributed by atoms with van der Waals surface area (Å²) in [5.41, 5.74) is 6.91. The first kappa shape index (κ1) is 28.0. The van der Waals surface area contributed by atoms with Crippen LogP contribution in [0.3, 0.4) is 0 Å². The molecule has 3 heterocycles. The van der Waals surface area contributed by atoms with Gasteiger partial charge in [-0.05, 0) is 37.6 Å². The first-order valence-electron chi connectivity index (χ1n) is 14.3. The van der Waals surface area contributed by atoms with Crippen molar-refractivity contribution >= 4 is 28.6 Å². The van der Waals surface area contributed by atoms with E-state index in [2.05, 4.69) is 20.5 Å². The molecule has 218 valence electrons. The predicted octanol–water partition coefficient (Wildman–Crippen LogP) is 5.33. The number of ether oxygens (including phenoxy) is 1. The topological polar surface area (TPSA) is 105 Å². The average molecular weight is 576 g/mol. The Bertz CT molecular complexity index is 1740. The van der Waals surface area contributed by atoms with Crippen molar-refractivity contribution in [3.8, 4) is 11.3 Å². The minimum atomic E-state index is -0.703. The van der Waals surface area contributed by atoms with Crippen LogP contribution in [-0.4, -0.2) is 56.8 Å². The molecule has 0 bridgehead atoms. The second kappa shape index (κ2) is 12.4. The molecule has 0 spiro atoms. The molecule has 3 aromatic carbocycles. The third kappa shape index (κ3) is 5.82. The number of piperidine rings is 1. The number of carbonyl (C=O) groups excluding carboxylic acids is 2. The molecule has 1 saturated heterocycles. The zero-order valence-electron chi connectivity index (χ0n) is 24.2. The Labute approximate surface area is 249 Å². The lowest BCUT2D eigenvalue weighted by molar-refractivity contribution is 0.0940. The van der Waals surface area contributed by atoms with E-state index in [1.165, 1.54) is 7.11 Å². The smallest absolute Gasteiger partial charge is 0.433 e. The molecule has 0 radical (unpaired) electrons. The second-order valence-electron chi connectivity index (χ2n) is 10.7. The maximum atomic E-state index is 14.4. The summed E-state index contributed by atoms with van der Waals surface area (Å²) in [6.45, 7) is 2.13. The van der Waals surface area contributed by atoms with Gasteiger partial charge in [0.2, 0.25) is 0 Å². The van der Waals surface area contributed by atoms with Crippen molar-refractivity contribution in [1.29, 1.82) is 0 Å². The normalized spacial score (nSPS) is 15.3. The lowest BCUT2D eigenvalue weighted by Gasteiger charge is -2.33. The summed E-state index contributed by atoms with van der Waals surface area (Å²) in [6.07, 6.45) is 3.04. The van der Waals surface area contributed by atoms with E-state index in [4.69, 9.17) is 9.72 Å². The molecule has 0 saturated carbocycles. The number of para-hydroxylation sites is 2. The lowest BCUT2D eigenvalue weighted by atomic mass is 9.93. The number of nitrogens with zero attached hydrogens (tertiary/aromatic N) is 6. The summed E-state index contributed by atoms with van der Waals surface area (Å²) < 4.78 is 7.01. The van der Waals surface area contributed by atoms with Crippen molar-refractivity contribution in [3.63, 3.8) is 0 Å². The van der Waals surface area contributed by atoms with Crippen molar-refractivity contribution in [3.05, 3.63) is 108 Å². The quantitative estimate of drug-likeness (QED) is 0.273. The van der Waals surface area contributed by atoms with E-state index in [-0.39, 0.29) is 5.92 Å². The van der Waals surface area contributed by atoms with Crippen molar-refractivity contribution in [1.82, 2.24) is 30.1 Å². The van der Waals surface area contributed by atoms with Crippen molar-refractivity contribution in [2.24, 2.45) is 7.05 Å². The number of rotatable bonds is 6. The first-order valence-corrected chi connectivity index (χ1v) is 14.3. The molecule has 1 aliphatic heterocycles. The summed E-state index contributed by atoms with van der Waals surface area (Å²) in [5, 5.41) is 10.3. The van der Waals surface area contributed by atoms with Crippen LogP contribution in [0.15, 0.2) is 91.3 Å². The number of nitrogens with one attached hydrogen (secondary N) is 1. The molecule has 10 nitrogen and oxygen atoms in total. The number of carbonyl (C=O) groups is 2. The van der Waals surface area contributed by atoms with Gasteiger partial charge in [0.1, 0.15) is 12.2 Å². The Morgan fingerprint density at radius 3 is 2.44 bits per heavy atom. The Morgan fingerprint density at radius 1 is 1.00 bits per heavy atom. The summed E-state index contributed by atoms with van der Waals surface area (Å²) >= 11 is 0. The maximum Gasteiger partial charge on any atom is 0.433 e. The van der Waals surface area contributed by atoms with Gasteiger partial charge < -0.3 is 9.30 Å². The van der Waals surface area contributed by atoms with E-state index in [9.17, 15) is 9.59 Å². The summed E-state index contributed by atoms with van der Waals surface area (Å²) in [5.74, 6) is 0.751. The molecule has 6 rings (SSSR count). The third-order valence-corrected chi connectivity index (χ3v) is 7.85. The number of hydrogen-bond acceptors (Lipinski definition) is 7. The summed E-state index contributed by atoms with van der Waals surface area (Å²) in [7, 11) is 3.26. The lowest BCUT2D eigenvalue weighted by Crippen LogP contribution is -2.47. The van der Waals surface area contributed by atoms with Gasteiger partial charge in [-0.3, -0.25) is 15.1 Å². The highest BCUT2D eigenvalue weighted by Crippen LogP contribution is 2.34. The number of pyridine rings is 1. The minimum absolute atomic E-state index is 0.222. The molecule has 1 unspecified atom stereocenters. The number of methoxy groups -OCH3 is 1. The van der Waals surface area contributed by atoms with Gasteiger partial charge in [-0.1, -0.05) is 66.7 Å². The van der Waals surface area contributed by atoms with Crippen LogP contribution in [0, 0.1) is 0 Å². The van der Waals surface area contributed by atoms with Crippen molar-refractivity contribution in [2.75, 3.05) is 25.2 Å². The Morgan fingerprint density at radius 2 is 1.72 bits per heavy atom. The zero-order valence-corrected chi connectivity index (χ0v) is 24.2. The number of benzene rings is 3. The minimum Gasteiger partial charge on any atom is -0.451 e. The van der Waals surface area contributed by atoms with Gasteiger partial charge in [-0.25, -0.2) is 9.78 Å². The van der Waals surface area contributed by atoms with Gasteiger partial charge in [0.05, 0.1) is 29.6 Å². The number of aryl methyl sites for hydroxylation is 1. The zero-order chi connectivity index (χ0) is 29.8. The monoisotopic (exact) mass is 575 g/mol. The van der Waals surface area contributed by atoms with Crippen LogP contribution >= 0.6 is 0 Å². The van der Waals surface area contributed by atoms with E-state index in [0.29, 0.717) is 28.7 Å². The standard InChI is InChI=1S/C33H33N7O3/c1-38-22-34-36-31(38)24-14-11-19-39(20-24)21-27-29(32(41)37-40(33(42)43-2)25-15-7-4-8-16-25)26-17-9-10-18-28(26)35-30(27)23-12-5-3-6-13-23/h3-10,12-13,15-18,22,24H,11,14,19-21H2,1-2H3,(H,37,41). The van der Waals surface area contributed by atoms with Gasteiger partial charge in [-0.2, -0.15) is 5.01 Å². The Hall–Kier alpha value is -5.09. The molecule has 5 aromatic rings. The van der Waals surface area contributed by atoms with E-state index in [0.717, 1.165) is 53.6 Å². The Kier molecular flexibility index (Phi) is 8.10. The highest BCUT2D eigenvalue weighted by molar-refractivity contribution is 6.10.